The first-order valence-electron chi connectivity index (χ1n) is 8.08. The normalized spacial score (nSPS) is 12.7. The van der Waals surface area contributed by atoms with Crippen LogP contribution < -0.4 is 14.8 Å². The summed E-state index contributed by atoms with van der Waals surface area (Å²) in [7, 11) is 0. The molecule has 0 aliphatic carbocycles. The number of nitrogens with one attached hydrogen (secondary N) is 1. The van der Waals surface area contributed by atoms with Crippen LogP contribution in [0.25, 0.3) is 11.3 Å². The van der Waals surface area contributed by atoms with Crippen LogP contribution in [0, 0.1) is 0 Å². The first-order chi connectivity index (χ1) is 12.7. The lowest BCUT2D eigenvalue weighted by molar-refractivity contribution is 0.0950. The van der Waals surface area contributed by atoms with E-state index < -0.39 is 0 Å². The van der Waals surface area contributed by atoms with Crippen molar-refractivity contribution in [2.45, 2.75) is 6.54 Å². The second kappa shape index (κ2) is 7.21. The lowest BCUT2D eigenvalue weighted by atomic mass is 10.1. The third kappa shape index (κ3) is 3.57. The van der Waals surface area contributed by atoms with Crippen molar-refractivity contribution in [2.24, 2.45) is 0 Å². The van der Waals surface area contributed by atoms with Crippen LogP contribution in [-0.4, -0.2) is 24.3 Å². The minimum Gasteiger partial charge on any atom is -0.486 e. The summed E-state index contributed by atoms with van der Waals surface area (Å²) < 4.78 is 17.4. The Labute approximate surface area is 158 Å². The maximum absolute atomic E-state index is 12.2. The molecule has 1 N–H and O–H groups in total. The highest BCUT2D eigenvalue weighted by Gasteiger charge is 2.15. The van der Waals surface area contributed by atoms with E-state index in [1.54, 1.807) is 18.2 Å². The standard InChI is InChI=1S/C19H15BrN2O4/c20-14-4-1-12(2-5-14)19(23)21-11-15-10-17(26-22-15)13-3-6-16-18(9-13)25-8-7-24-16/h1-6,9-10H,7-8,11H2,(H,21,23). The van der Waals surface area contributed by atoms with E-state index in [4.69, 9.17) is 14.0 Å². The quantitative estimate of drug-likeness (QED) is 0.702. The molecular formula is C19H15BrN2O4. The highest BCUT2D eigenvalue weighted by molar-refractivity contribution is 9.10. The van der Waals surface area contributed by atoms with Gasteiger partial charge in [0.25, 0.3) is 5.91 Å². The number of carbonyl (C=O) groups excluding carboxylic acids is 1. The highest BCUT2D eigenvalue weighted by atomic mass is 79.9. The Morgan fingerprint density at radius 1 is 1.04 bits per heavy atom. The number of benzene rings is 2. The van der Waals surface area contributed by atoms with Crippen molar-refractivity contribution < 1.29 is 18.8 Å². The van der Waals surface area contributed by atoms with E-state index in [1.165, 1.54) is 0 Å². The monoisotopic (exact) mass is 414 g/mol. The molecule has 2 heterocycles. The molecule has 0 radical (unpaired) electrons. The van der Waals surface area contributed by atoms with Gasteiger partial charge in [0.1, 0.15) is 18.9 Å². The summed E-state index contributed by atoms with van der Waals surface area (Å²) in [4.78, 5) is 12.2. The fraction of sp³-hybridized carbons (Fsp3) is 0.158. The van der Waals surface area contributed by atoms with Crippen LogP contribution in [0.15, 0.2) is 57.5 Å². The molecule has 1 aromatic heterocycles. The molecular weight excluding hydrogens is 400 g/mol. The van der Waals surface area contributed by atoms with Crippen LogP contribution in [0.4, 0.5) is 0 Å². The van der Waals surface area contributed by atoms with Gasteiger partial charge in [0.2, 0.25) is 0 Å². The van der Waals surface area contributed by atoms with Crippen molar-refractivity contribution >= 4 is 21.8 Å². The van der Waals surface area contributed by atoms with E-state index in [2.05, 4.69) is 26.4 Å². The number of carbonyl (C=O) groups is 1. The molecule has 0 bridgehead atoms. The third-order valence-corrected chi connectivity index (χ3v) is 4.45. The van der Waals surface area contributed by atoms with E-state index in [-0.39, 0.29) is 12.5 Å². The molecule has 0 fully saturated rings. The van der Waals surface area contributed by atoms with E-state index in [0.29, 0.717) is 36.0 Å². The molecule has 7 heteroatoms. The lowest BCUT2D eigenvalue weighted by Gasteiger charge is -2.18. The van der Waals surface area contributed by atoms with Gasteiger partial charge in [-0.3, -0.25) is 4.79 Å². The molecule has 0 saturated carbocycles. The molecule has 132 valence electrons. The summed E-state index contributed by atoms with van der Waals surface area (Å²) in [5.41, 5.74) is 2.07. The van der Waals surface area contributed by atoms with Crippen molar-refractivity contribution in [2.75, 3.05) is 13.2 Å². The second-order valence-electron chi connectivity index (χ2n) is 5.73. The highest BCUT2D eigenvalue weighted by Crippen LogP contribution is 2.34. The molecule has 26 heavy (non-hydrogen) atoms. The summed E-state index contributed by atoms with van der Waals surface area (Å²) in [6.45, 7) is 1.36. The summed E-state index contributed by atoms with van der Waals surface area (Å²) in [6, 6.07) is 14.5. The van der Waals surface area contributed by atoms with Gasteiger partial charge in [0.15, 0.2) is 17.3 Å². The molecule has 6 nitrogen and oxygen atoms in total. The predicted octanol–water partition coefficient (Wildman–Crippen LogP) is 3.81. The molecule has 0 unspecified atom stereocenters. The Bertz CT molecular complexity index is 937. The zero-order valence-corrected chi connectivity index (χ0v) is 15.3. The number of hydrogen-bond donors (Lipinski definition) is 1. The average Bonchev–Trinajstić information content (AvgIpc) is 3.15. The zero-order chi connectivity index (χ0) is 17.9. The molecule has 1 amide bonds. The fourth-order valence-electron chi connectivity index (χ4n) is 2.60. The summed E-state index contributed by atoms with van der Waals surface area (Å²) in [5.74, 6) is 1.85. The molecule has 0 saturated heterocycles. The van der Waals surface area contributed by atoms with Gasteiger partial charge in [-0.05, 0) is 42.5 Å². The minimum atomic E-state index is -0.165. The van der Waals surface area contributed by atoms with Crippen LogP contribution in [0.5, 0.6) is 11.5 Å². The Kier molecular flexibility index (Phi) is 4.62. The van der Waals surface area contributed by atoms with Crippen LogP contribution >= 0.6 is 15.9 Å². The van der Waals surface area contributed by atoms with Gasteiger partial charge in [-0.25, -0.2) is 0 Å². The molecule has 2 aromatic carbocycles. The second-order valence-corrected chi connectivity index (χ2v) is 6.65. The van der Waals surface area contributed by atoms with Gasteiger partial charge >= 0.3 is 0 Å². The average molecular weight is 415 g/mol. The van der Waals surface area contributed by atoms with Gasteiger partial charge in [-0.15, -0.1) is 0 Å². The van der Waals surface area contributed by atoms with Crippen molar-refractivity contribution in [3.05, 3.63) is 64.3 Å². The zero-order valence-electron chi connectivity index (χ0n) is 13.7. The number of ether oxygens (including phenoxy) is 2. The van der Waals surface area contributed by atoms with Crippen molar-refractivity contribution in [3.8, 4) is 22.8 Å². The van der Waals surface area contributed by atoms with Gasteiger partial charge in [0.05, 0.1) is 6.54 Å². The number of fused-ring (bicyclic) bond motifs is 1. The Hall–Kier alpha value is -2.80. The maximum Gasteiger partial charge on any atom is 0.251 e. The number of hydrogen-bond acceptors (Lipinski definition) is 5. The first kappa shape index (κ1) is 16.7. The third-order valence-electron chi connectivity index (χ3n) is 3.92. The number of halogens is 1. The van der Waals surface area contributed by atoms with E-state index in [0.717, 1.165) is 15.8 Å². The number of amides is 1. The van der Waals surface area contributed by atoms with E-state index >= 15 is 0 Å². The van der Waals surface area contributed by atoms with Crippen LogP contribution in [0.3, 0.4) is 0 Å². The van der Waals surface area contributed by atoms with E-state index in [1.807, 2.05) is 30.3 Å². The van der Waals surface area contributed by atoms with Crippen molar-refractivity contribution in [1.29, 1.82) is 0 Å². The number of nitrogens with zero attached hydrogens (tertiary/aromatic N) is 1. The summed E-state index contributed by atoms with van der Waals surface area (Å²) in [6.07, 6.45) is 0. The molecule has 0 atom stereocenters. The summed E-state index contributed by atoms with van der Waals surface area (Å²) in [5, 5.41) is 6.84. The van der Waals surface area contributed by atoms with Gasteiger partial charge in [0, 0.05) is 21.7 Å². The molecule has 0 spiro atoms. The smallest absolute Gasteiger partial charge is 0.251 e. The van der Waals surface area contributed by atoms with Crippen molar-refractivity contribution in [3.63, 3.8) is 0 Å². The predicted molar refractivity (Wildman–Crippen MR) is 98.2 cm³/mol. The lowest BCUT2D eigenvalue weighted by Crippen LogP contribution is -2.22. The Balaban J connectivity index is 1.43. The van der Waals surface area contributed by atoms with Crippen LogP contribution in [0.1, 0.15) is 16.1 Å². The number of aromatic nitrogens is 1. The maximum atomic E-state index is 12.2. The SMILES string of the molecule is O=C(NCc1cc(-c2ccc3c(c2)OCCO3)on1)c1ccc(Br)cc1. The molecule has 1 aliphatic heterocycles. The van der Waals surface area contributed by atoms with E-state index in [9.17, 15) is 4.79 Å². The Morgan fingerprint density at radius 2 is 1.81 bits per heavy atom. The topological polar surface area (TPSA) is 73.6 Å². The molecule has 4 rings (SSSR count). The first-order valence-corrected chi connectivity index (χ1v) is 8.88. The minimum absolute atomic E-state index is 0.165. The van der Waals surface area contributed by atoms with Gasteiger partial charge in [-0.2, -0.15) is 0 Å². The van der Waals surface area contributed by atoms with Gasteiger partial charge < -0.3 is 19.3 Å². The Morgan fingerprint density at radius 3 is 2.62 bits per heavy atom. The molecule has 1 aliphatic rings. The fourth-order valence-corrected chi connectivity index (χ4v) is 2.87. The summed E-state index contributed by atoms with van der Waals surface area (Å²) >= 11 is 3.35. The van der Waals surface area contributed by atoms with Crippen LogP contribution in [0.2, 0.25) is 0 Å². The van der Waals surface area contributed by atoms with Crippen LogP contribution in [-0.2, 0) is 6.54 Å². The van der Waals surface area contributed by atoms with Gasteiger partial charge in [-0.1, -0.05) is 21.1 Å². The number of rotatable bonds is 4. The van der Waals surface area contributed by atoms with Crippen molar-refractivity contribution in [1.82, 2.24) is 10.5 Å². The molecule has 3 aromatic rings. The largest absolute Gasteiger partial charge is 0.486 e.